The topological polar surface area (TPSA) is 32.8 Å². The van der Waals surface area contributed by atoms with Crippen LogP contribution in [0.4, 0.5) is 0 Å². The van der Waals surface area contributed by atoms with Crippen LogP contribution in [0, 0.1) is 0 Å². The van der Waals surface area contributed by atoms with Gasteiger partial charge in [-0.2, -0.15) is 0 Å². The third-order valence-electron chi connectivity index (χ3n) is 4.69. The SMILES string of the molecule is COCC(=O)N1CCCC(N2CCc3ccccc3C2)C1. The molecular weight excluding hydrogens is 264 g/mol. The van der Waals surface area contributed by atoms with Gasteiger partial charge in [-0.1, -0.05) is 24.3 Å². The highest BCUT2D eigenvalue weighted by Crippen LogP contribution is 2.24. The molecule has 1 aromatic rings. The molecule has 0 bridgehead atoms. The van der Waals surface area contributed by atoms with Gasteiger partial charge >= 0.3 is 0 Å². The van der Waals surface area contributed by atoms with Crippen LogP contribution in [0.25, 0.3) is 0 Å². The van der Waals surface area contributed by atoms with Crippen molar-refractivity contribution in [3.63, 3.8) is 0 Å². The molecule has 4 heteroatoms. The van der Waals surface area contributed by atoms with E-state index < -0.39 is 0 Å². The van der Waals surface area contributed by atoms with Crippen molar-refractivity contribution in [3.8, 4) is 0 Å². The highest BCUT2D eigenvalue weighted by molar-refractivity contribution is 5.77. The number of piperidine rings is 1. The molecule has 21 heavy (non-hydrogen) atoms. The number of hydrogen-bond acceptors (Lipinski definition) is 3. The van der Waals surface area contributed by atoms with Gasteiger partial charge in [-0.3, -0.25) is 9.69 Å². The van der Waals surface area contributed by atoms with Crippen molar-refractivity contribution in [1.82, 2.24) is 9.80 Å². The minimum atomic E-state index is 0.125. The number of methoxy groups -OCH3 is 1. The summed E-state index contributed by atoms with van der Waals surface area (Å²) in [6, 6.07) is 9.21. The molecule has 2 aliphatic heterocycles. The van der Waals surface area contributed by atoms with Gasteiger partial charge in [0.1, 0.15) is 6.61 Å². The first-order valence-electron chi connectivity index (χ1n) is 7.85. The highest BCUT2D eigenvalue weighted by Gasteiger charge is 2.29. The maximum atomic E-state index is 12.0. The van der Waals surface area contributed by atoms with Crippen molar-refractivity contribution in [2.75, 3.05) is 33.4 Å². The number of benzene rings is 1. The van der Waals surface area contributed by atoms with E-state index in [2.05, 4.69) is 29.2 Å². The molecule has 1 saturated heterocycles. The van der Waals surface area contributed by atoms with E-state index in [0.29, 0.717) is 6.04 Å². The Labute approximate surface area is 126 Å². The Hall–Kier alpha value is -1.39. The van der Waals surface area contributed by atoms with Gasteiger partial charge in [0.15, 0.2) is 0 Å². The van der Waals surface area contributed by atoms with Crippen LogP contribution in [0.3, 0.4) is 0 Å². The zero-order valence-corrected chi connectivity index (χ0v) is 12.8. The second-order valence-corrected chi connectivity index (χ2v) is 6.06. The quantitative estimate of drug-likeness (QED) is 0.848. The lowest BCUT2D eigenvalue weighted by molar-refractivity contribution is -0.137. The molecule has 0 N–H and O–H groups in total. The van der Waals surface area contributed by atoms with Gasteiger partial charge in [-0.15, -0.1) is 0 Å². The molecule has 3 rings (SSSR count). The van der Waals surface area contributed by atoms with E-state index in [1.807, 2.05) is 4.90 Å². The number of rotatable bonds is 3. The lowest BCUT2D eigenvalue weighted by atomic mass is 9.96. The van der Waals surface area contributed by atoms with Gasteiger partial charge in [0.05, 0.1) is 0 Å². The normalized spacial score (nSPS) is 22.9. The Balaban J connectivity index is 1.64. The van der Waals surface area contributed by atoms with Crippen molar-refractivity contribution in [2.24, 2.45) is 0 Å². The second-order valence-electron chi connectivity index (χ2n) is 6.06. The molecular formula is C17H24N2O2. The summed E-state index contributed by atoms with van der Waals surface area (Å²) in [7, 11) is 1.58. The smallest absolute Gasteiger partial charge is 0.248 e. The fourth-order valence-electron chi connectivity index (χ4n) is 3.52. The maximum absolute atomic E-state index is 12.0. The lowest BCUT2D eigenvalue weighted by Crippen LogP contribution is -2.51. The van der Waals surface area contributed by atoms with Gasteiger partial charge in [-0.25, -0.2) is 0 Å². The summed E-state index contributed by atoms with van der Waals surface area (Å²) in [5, 5.41) is 0. The van der Waals surface area contributed by atoms with E-state index in [9.17, 15) is 4.79 Å². The van der Waals surface area contributed by atoms with Gasteiger partial charge in [0.25, 0.3) is 0 Å². The average Bonchev–Trinajstić information content (AvgIpc) is 2.55. The van der Waals surface area contributed by atoms with Crippen LogP contribution in [-0.2, 0) is 22.5 Å². The number of amides is 1. The van der Waals surface area contributed by atoms with E-state index >= 15 is 0 Å². The van der Waals surface area contributed by atoms with E-state index in [-0.39, 0.29) is 12.5 Å². The summed E-state index contributed by atoms with van der Waals surface area (Å²) in [5.41, 5.74) is 2.93. The van der Waals surface area contributed by atoms with Gasteiger partial charge in [-0.05, 0) is 30.4 Å². The molecule has 1 unspecified atom stereocenters. The molecule has 0 radical (unpaired) electrons. The zero-order chi connectivity index (χ0) is 14.7. The maximum Gasteiger partial charge on any atom is 0.248 e. The number of hydrogen-bond donors (Lipinski definition) is 0. The van der Waals surface area contributed by atoms with Crippen LogP contribution >= 0.6 is 0 Å². The molecule has 114 valence electrons. The van der Waals surface area contributed by atoms with E-state index in [1.54, 1.807) is 7.11 Å². The van der Waals surface area contributed by atoms with E-state index in [0.717, 1.165) is 39.0 Å². The number of carbonyl (C=O) groups is 1. The first-order valence-corrected chi connectivity index (χ1v) is 7.85. The molecule has 0 aromatic heterocycles. The third-order valence-corrected chi connectivity index (χ3v) is 4.69. The minimum Gasteiger partial charge on any atom is -0.375 e. The number of carbonyl (C=O) groups excluding carboxylic acids is 1. The Morgan fingerprint density at radius 3 is 2.90 bits per heavy atom. The third kappa shape index (κ3) is 3.27. The van der Waals surface area contributed by atoms with Crippen molar-refractivity contribution < 1.29 is 9.53 Å². The monoisotopic (exact) mass is 288 g/mol. The molecule has 4 nitrogen and oxygen atoms in total. The summed E-state index contributed by atoms with van der Waals surface area (Å²) in [4.78, 5) is 16.5. The summed E-state index contributed by atoms with van der Waals surface area (Å²) in [6.45, 7) is 4.06. The van der Waals surface area contributed by atoms with Crippen molar-refractivity contribution in [3.05, 3.63) is 35.4 Å². The molecule has 1 aromatic carbocycles. The van der Waals surface area contributed by atoms with Crippen LogP contribution in [0.2, 0.25) is 0 Å². The Kier molecular flexibility index (Phi) is 4.56. The molecule has 0 saturated carbocycles. The Bertz CT molecular complexity index is 503. The van der Waals surface area contributed by atoms with Crippen LogP contribution in [0.1, 0.15) is 24.0 Å². The summed E-state index contributed by atoms with van der Waals surface area (Å²) in [5.74, 6) is 0.125. The summed E-state index contributed by atoms with van der Waals surface area (Å²) in [6.07, 6.45) is 3.41. The van der Waals surface area contributed by atoms with Gasteiger partial charge < -0.3 is 9.64 Å². The van der Waals surface area contributed by atoms with Crippen molar-refractivity contribution >= 4 is 5.91 Å². The van der Waals surface area contributed by atoms with E-state index in [1.165, 1.54) is 17.5 Å². The molecule has 2 aliphatic rings. The molecule has 0 spiro atoms. The molecule has 1 atom stereocenters. The van der Waals surface area contributed by atoms with Gasteiger partial charge in [0, 0.05) is 39.3 Å². The Morgan fingerprint density at radius 2 is 2.10 bits per heavy atom. The summed E-state index contributed by atoms with van der Waals surface area (Å²) >= 11 is 0. The number of ether oxygens (including phenoxy) is 1. The fourth-order valence-corrected chi connectivity index (χ4v) is 3.52. The van der Waals surface area contributed by atoms with Crippen LogP contribution in [0.15, 0.2) is 24.3 Å². The minimum absolute atomic E-state index is 0.125. The van der Waals surface area contributed by atoms with Crippen LogP contribution in [-0.4, -0.2) is 55.1 Å². The predicted octanol–water partition coefficient (Wildman–Crippen LogP) is 1.68. The number of nitrogens with zero attached hydrogens (tertiary/aromatic N) is 2. The summed E-state index contributed by atoms with van der Waals surface area (Å²) < 4.78 is 4.98. The van der Waals surface area contributed by atoms with Gasteiger partial charge in [0.2, 0.25) is 5.91 Å². The molecule has 2 heterocycles. The molecule has 1 fully saturated rings. The average molecular weight is 288 g/mol. The first-order chi connectivity index (χ1) is 10.3. The van der Waals surface area contributed by atoms with Crippen molar-refractivity contribution in [2.45, 2.75) is 31.8 Å². The first kappa shape index (κ1) is 14.5. The largest absolute Gasteiger partial charge is 0.375 e. The standard InChI is InChI=1S/C17H24N2O2/c1-21-13-17(20)19-9-4-7-16(12-19)18-10-8-14-5-2-3-6-15(14)11-18/h2-3,5-6,16H,4,7-13H2,1H3. The number of likely N-dealkylation sites (tertiary alicyclic amines) is 1. The lowest BCUT2D eigenvalue weighted by Gasteiger charge is -2.41. The van der Waals surface area contributed by atoms with Crippen LogP contribution in [0.5, 0.6) is 0 Å². The Morgan fingerprint density at radius 1 is 1.29 bits per heavy atom. The predicted molar refractivity (Wildman–Crippen MR) is 82.0 cm³/mol. The van der Waals surface area contributed by atoms with Crippen molar-refractivity contribution in [1.29, 1.82) is 0 Å². The fraction of sp³-hybridized carbons (Fsp3) is 0.588. The second kappa shape index (κ2) is 6.58. The highest BCUT2D eigenvalue weighted by atomic mass is 16.5. The number of fused-ring (bicyclic) bond motifs is 1. The molecule has 1 amide bonds. The molecule has 0 aliphatic carbocycles. The van der Waals surface area contributed by atoms with E-state index in [4.69, 9.17) is 4.74 Å². The zero-order valence-electron chi connectivity index (χ0n) is 12.8. The van der Waals surface area contributed by atoms with Crippen LogP contribution < -0.4 is 0 Å².